The minimum absolute atomic E-state index is 0. The van der Waals surface area contributed by atoms with Crippen LogP contribution in [-0.2, 0) is 20.1 Å². The van der Waals surface area contributed by atoms with Crippen molar-refractivity contribution in [2.24, 2.45) is 0 Å². The molecule has 0 N–H and O–H groups in total. The van der Waals surface area contributed by atoms with E-state index >= 15 is 0 Å². The van der Waals surface area contributed by atoms with E-state index in [9.17, 15) is 0 Å². The van der Waals surface area contributed by atoms with Gasteiger partial charge in [0.05, 0.1) is 0 Å². The summed E-state index contributed by atoms with van der Waals surface area (Å²) in [6, 6.07) is 64.8. The van der Waals surface area contributed by atoms with Crippen LogP contribution in [0.2, 0.25) is 17.3 Å². The van der Waals surface area contributed by atoms with E-state index < -0.39 is 20.1 Å². The zero-order chi connectivity index (χ0) is 42.1. The van der Waals surface area contributed by atoms with Gasteiger partial charge >= 0.3 is 146 Å². The van der Waals surface area contributed by atoms with Crippen molar-refractivity contribution in [3.05, 3.63) is 200 Å². The van der Waals surface area contributed by atoms with E-state index in [-0.39, 0.29) is 20.1 Å². The van der Waals surface area contributed by atoms with Crippen LogP contribution in [0.3, 0.4) is 0 Å². The Bertz CT molecular complexity index is 3160. The van der Waals surface area contributed by atoms with Crippen molar-refractivity contribution in [1.29, 1.82) is 0 Å². The molecule has 0 spiro atoms. The molecule has 3 aromatic heterocycles. The summed E-state index contributed by atoms with van der Waals surface area (Å²) in [7, 11) is 0. The maximum Gasteiger partial charge on any atom is 0.0245 e. The van der Waals surface area contributed by atoms with Gasteiger partial charge in [-0.2, -0.15) is 11.3 Å². The van der Waals surface area contributed by atoms with Gasteiger partial charge in [0, 0.05) is 31.0 Å². The van der Waals surface area contributed by atoms with Crippen LogP contribution in [0.5, 0.6) is 0 Å². The maximum atomic E-state index is 7.84. The number of aromatic nitrogens is 2. The summed E-state index contributed by atoms with van der Waals surface area (Å²) < 4.78 is 27.4. The van der Waals surface area contributed by atoms with Crippen LogP contribution in [-0.4, -0.2) is 23.2 Å². The number of aryl methyl sites for hydroxylation is 1. The largest absolute Gasteiger partial charge is 0.305 e. The predicted octanol–water partition coefficient (Wildman–Crippen LogP) is 14.5. The van der Waals surface area contributed by atoms with Gasteiger partial charge in [-0.25, -0.2) is 0 Å². The zero-order valence-electron chi connectivity index (χ0n) is 36.0. The van der Waals surface area contributed by atoms with E-state index in [0.717, 1.165) is 28.1 Å². The molecule has 10 rings (SSSR count). The molecule has 0 aliphatic rings. The molecule has 0 aliphatic heterocycles. The summed E-state index contributed by atoms with van der Waals surface area (Å²) in [6.45, 7) is -2.18. The van der Waals surface area contributed by atoms with E-state index in [1.54, 1.807) is 6.07 Å². The van der Waals surface area contributed by atoms with E-state index in [0.29, 0.717) is 11.1 Å². The van der Waals surface area contributed by atoms with Crippen molar-refractivity contribution in [1.82, 2.24) is 9.97 Å². The molecular formula is C54H42GeIrN2S-2. The molecule has 5 heteroatoms. The monoisotopic (exact) mass is 1020 g/mol. The molecule has 289 valence electrons. The Hall–Kier alpha value is -5.49. The number of nitrogens with zero attached hydrogens (tertiary/aromatic N) is 2. The number of thiophene rings is 1. The second kappa shape index (κ2) is 17.4. The van der Waals surface area contributed by atoms with Gasteiger partial charge in [-0.3, -0.25) is 0 Å². The minimum atomic E-state index is -2.18. The van der Waals surface area contributed by atoms with Crippen molar-refractivity contribution in [2.45, 2.75) is 24.1 Å². The van der Waals surface area contributed by atoms with Gasteiger partial charge in [0.1, 0.15) is 0 Å². The van der Waals surface area contributed by atoms with Gasteiger partial charge in [0.2, 0.25) is 0 Å². The first-order valence-corrected chi connectivity index (χ1v) is 27.6. The summed E-state index contributed by atoms with van der Waals surface area (Å²) in [4.78, 5) is 9.28. The van der Waals surface area contributed by atoms with Crippen molar-refractivity contribution >= 4 is 59.9 Å². The molecule has 59 heavy (non-hydrogen) atoms. The van der Waals surface area contributed by atoms with E-state index in [2.05, 4.69) is 155 Å². The fourth-order valence-electron chi connectivity index (χ4n) is 7.39. The fourth-order valence-corrected chi connectivity index (χ4v) is 10.7. The zero-order valence-corrected chi connectivity index (χ0v) is 38.3. The molecule has 0 saturated carbocycles. The van der Waals surface area contributed by atoms with Crippen LogP contribution in [0.4, 0.5) is 0 Å². The van der Waals surface area contributed by atoms with Crippen LogP contribution in [0.25, 0.3) is 86.8 Å². The predicted molar refractivity (Wildman–Crippen MR) is 251 cm³/mol. The molecule has 0 bridgehead atoms. The van der Waals surface area contributed by atoms with E-state index in [4.69, 9.17) is 4.11 Å². The first-order valence-electron chi connectivity index (χ1n) is 21.0. The second-order valence-electron chi connectivity index (χ2n) is 15.5. The summed E-state index contributed by atoms with van der Waals surface area (Å²) >= 11 is -0.0771. The summed E-state index contributed by atoms with van der Waals surface area (Å²) in [6.07, 6.45) is 3.85. The van der Waals surface area contributed by atoms with Crippen LogP contribution < -0.4 is 4.40 Å². The molecule has 0 saturated heterocycles. The normalized spacial score (nSPS) is 12.2. The Balaban J connectivity index is 0.000000176. The van der Waals surface area contributed by atoms with Crippen LogP contribution in [0.15, 0.2) is 182 Å². The Morgan fingerprint density at radius 3 is 2.02 bits per heavy atom. The minimum Gasteiger partial charge on any atom is -0.305 e. The molecule has 3 heterocycles. The number of hydrogen-bond acceptors (Lipinski definition) is 3. The Kier molecular flexibility index (Phi) is 10.8. The van der Waals surface area contributed by atoms with Crippen molar-refractivity contribution in [3.8, 4) is 55.9 Å². The first kappa shape index (κ1) is 36.6. The Morgan fingerprint density at radius 1 is 0.525 bits per heavy atom. The molecule has 0 fully saturated rings. The van der Waals surface area contributed by atoms with E-state index in [1.807, 2.05) is 72.3 Å². The van der Waals surface area contributed by atoms with Crippen LogP contribution >= 0.6 is 11.3 Å². The van der Waals surface area contributed by atoms with E-state index in [1.165, 1.54) is 57.6 Å². The number of benzene rings is 7. The van der Waals surface area contributed by atoms with Crippen molar-refractivity contribution < 1.29 is 24.2 Å². The molecule has 0 aliphatic carbocycles. The fraction of sp³-hybridized carbons (Fsp3) is 0.0741. The summed E-state index contributed by atoms with van der Waals surface area (Å²) in [5.41, 5.74) is 10.4. The van der Waals surface area contributed by atoms with Crippen molar-refractivity contribution in [3.63, 3.8) is 0 Å². The van der Waals surface area contributed by atoms with Gasteiger partial charge in [-0.05, 0) is 60.9 Å². The molecule has 1 radical (unpaired) electrons. The smallest absolute Gasteiger partial charge is 0.0245 e. The average molecular weight is 1020 g/mol. The molecular weight excluding hydrogens is 974 g/mol. The molecule has 0 atom stereocenters. The third-order valence-electron chi connectivity index (χ3n) is 10.6. The molecule has 10 aromatic rings. The van der Waals surface area contributed by atoms with Gasteiger partial charge in [-0.1, -0.05) is 96.4 Å². The van der Waals surface area contributed by atoms with Gasteiger partial charge in [0.15, 0.2) is 0 Å². The average Bonchev–Trinajstić information content (AvgIpc) is 3.66. The summed E-state index contributed by atoms with van der Waals surface area (Å²) in [5.74, 6) is 7.00. The number of rotatable bonds is 6. The number of fused-ring (bicyclic) bond motifs is 4. The molecule has 0 unspecified atom stereocenters. The third kappa shape index (κ3) is 8.64. The Labute approximate surface area is 371 Å². The van der Waals surface area contributed by atoms with Gasteiger partial charge in [0.25, 0.3) is 0 Å². The number of pyridine rings is 2. The topological polar surface area (TPSA) is 25.8 Å². The first-order chi connectivity index (χ1) is 29.5. The van der Waals surface area contributed by atoms with Gasteiger partial charge in [-0.15, -0.1) is 23.8 Å². The third-order valence-corrected chi connectivity index (χ3v) is 16.0. The second-order valence-corrected chi connectivity index (χ2v) is 27.2. The standard InChI is InChI=1S/C33H20NS.C21H22GeN.Ir/c1-2-7-22(8-3-1)24-17-18-34-31(20-24)26-14-16-32-30(19-26)29-15-13-25(21-33(29)35-32)28-12-6-10-23-9-4-5-11-27(23)28;1-16-10-11-18(14-20(16)17-8-6-5-7-9-17)21-13-12-19(15-23-21)22(2,3)4;/h1-13,15-21H;5-10,12-15H,1-4H3;/q2*-1;/i;1D3;. The van der Waals surface area contributed by atoms with Crippen LogP contribution in [0, 0.1) is 19.0 Å². The SMILES string of the molecule is [2H]C([2H])([2H])c1c[c-]c(-c2cc[c]([Ge]([CH3])([CH3])[CH3])cn2)cc1-c1ccccc1.[Ir].[c-]1cc2sc3cc(-c4cccc5ccccc45)ccc3c2cc1-c1cc(-c2ccccc2)ccn1. The summed E-state index contributed by atoms with van der Waals surface area (Å²) in [5, 5.41) is 5.10. The quantitative estimate of drug-likeness (QED) is 0.123. The molecule has 0 amide bonds. The maximum absolute atomic E-state index is 7.84. The van der Waals surface area contributed by atoms with Crippen LogP contribution in [0.1, 0.15) is 9.68 Å². The van der Waals surface area contributed by atoms with Crippen molar-refractivity contribution in [2.75, 3.05) is 0 Å². The number of hydrogen-bond donors (Lipinski definition) is 0. The molecule has 2 nitrogen and oxygen atoms in total. The Morgan fingerprint density at radius 2 is 1.25 bits per heavy atom. The molecule has 7 aromatic carbocycles. The van der Waals surface area contributed by atoms with Gasteiger partial charge < -0.3 is 4.98 Å².